The summed E-state index contributed by atoms with van der Waals surface area (Å²) in [5, 5.41) is 0. The van der Waals surface area contributed by atoms with E-state index in [2.05, 4.69) is 4.74 Å². The van der Waals surface area contributed by atoms with Crippen LogP contribution in [0.5, 0.6) is 0 Å². The van der Waals surface area contributed by atoms with Gasteiger partial charge in [0.05, 0.1) is 31.8 Å². The zero-order valence-electron chi connectivity index (χ0n) is 11.4. The number of hydrogen-bond acceptors (Lipinski definition) is 4. The predicted octanol–water partition coefficient (Wildman–Crippen LogP) is 2.55. The molecular weight excluding hydrogens is 289 g/mol. The maximum Gasteiger partial charge on any atom is 0.416 e. The topological polar surface area (TPSA) is 44.8 Å². The first-order valence-electron chi connectivity index (χ1n) is 6.38. The van der Waals surface area contributed by atoms with E-state index in [1.165, 1.54) is 13.2 Å². The number of methoxy groups -OCH3 is 1. The van der Waals surface area contributed by atoms with Crippen LogP contribution < -0.4 is 0 Å². The van der Waals surface area contributed by atoms with Crippen molar-refractivity contribution in [2.45, 2.75) is 31.4 Å². The molecule has 1 aromatic carbocycles. The van der Waals surface area contributed by atoms with E-state index >= 15 is 0 Å². The minimum Gasteiger partial charge on any atom is -0.469 e. The van der Waals surface area contributed by atoms with Crippen LogP contribution in [0.15, 0.2) is 24.3 Å². The summed E-state index contributed by atoms with van der Waals surface area (Å²) < 4.78 is 53.1. The fourth-order valence-corrected chi connectivity index (χ4v) is 2.06. The largest absolute Gasteiger partial charge is 0.469 e. The third-order valence-electron chi connectivity index (χ3n) is 3.09. The van der Waals surface area contributed by atoms with E-state index in [0.717, 1.165) is 12.1 Å². The maximum absolute atomic E-state index is 12.6. The molecule has 0 amide bonds. The Labute approximate surface area is 119 Å². The van der Waals surface area contributed by atoms with Gasteiger partial charge < -0.3 is 14.2 Å². The Kier molecular flexibility index (Phi) is 4.84. The number of alkyl halides is 3. The molecule has 0 N–H and O–H groups in total. The van der Waals surface area contributed by atoms with Crippen molar-refractivity contribution in [3.8, 4) is 0 Å². The standard InChI is InChI=1S/C14H15F3O4/c1-19-12(18)7-11-8-20-13(21-11)6-9-3-2-4-10(5-9)14(15,16)17/h2-5,11,13H,6-8H2,1H3. The molecule has 2 rings (SSSR count). The molecule has 1 saturated heterocycles. The molecule has 0 radical (unpaired) electrons. The van der Waals surface area contributed by atoms with Gasteiger partial charge in [0.2, 0.25) is 0 Å². The number of rotatable bonds is 4. The maximum atomic E-state index is 12.6. The van der Waals surface area contributed by atoms with Gasteiger partial charge in [0, 0.05) is 6.42 Å². The van der Waals surface area contributed by atoms with Crippen LogP contribution in [0.25, 0.3) is 0 Å². The van der Waals surface area contributed by atoms with Gasteiger partial charge in [-0.1, -0.05) is 18.2 Å². The Balaban J connectivity index is 1.93. The Morgan fingerprint density at radius 2 is 2.19 bits per heavy atom. The third kappa shape index (κ3) is 4.44. The second-order valence-corrected chi connectivity index (χ2v) is 4.70. The lowest BCUT2D eigenvalue weighted by molar-refractivity contribution is -0.144. The van der Waals surface area contributed by atoms with Gasteiger partial charge >= 0.3 is 12.1 Å². The first-order chi connectivity index (χ1) is 9.88. The Hall–Kier alpha value is -1.60. The van der Waals surface area contributed by atoms with Gasteiger partial charge in [-0.2, -0.15) is 13.2 Å². The molecular formula is C14H15F3O4. The van der Waals surface area contributed by atoms with Gasteiger partial charge in [0.25, 0.3) is 0 Å². The Bertz CT molecular complexity index is 501. The van der Waals surface area contributed by atoms with Crippen LogP contribution in [0.4, 0.5) is 13.2 Å². The van der Waals surface area contributed by atoms with E-state index in [4.69, 9.17) is 9.47 Å². The number of esters is 1. The van der Waals surface area contributed by atoms with E-state index in [1.807, 2.05) is 0 Å². The molecule has 7 heteroatoms. The number of carbonyl (C=O) groups excluding carboxylic acids is 1. The molecule has 0 aromatic heterocycles. The second-order valence-electron chi connectivity index (χ2n) is 4.70. The summed E-state index contributed by atoms with van der Waals surface area (Å²) >= 11 is 0. The van der Waals surface area contributed by atoms with Gasteiger partial charge in [0.15, 0.2) is 6.29 Å². The van der Waals surface area contributed by atoms with Crippen molar-refractivity contribution >= 4 is 5.97 Å². The zero-order valence-corrected chi connectivity index (χ0v) is 11.4. The molecule has 1 aromatic rings. The van der Waals surface area contributed by atoms with Crippen molar-refractivity contribution in [1.29, 1.82) is 0 Å². The molecule has 1 fully saturated rings. The van der Waals surface area contributed by atoms with Crippen molar-refractivity contribution in [3.63, 3.8) is 0 Å². The van der Waals surface area contributed by atoms with Gasteiger partial charge in [-0.05, 0) is 11.6 Å². The molecule has 0 aliphatic carbocycles. The number of ether oxygens (including phenoxy) is 3. The van der Waals surface area contributed by atoms with Crippen LogP contribution in [0.3, 0.4) is 0 Å². The SMILES string of the molecule is COC(=O)CC1COC(Cc2cccc(C(F)(F)F)c2)O1. The summed E-state index contributed by atoms with van der Waals surface area (Å²) in [5.74, 6) is -0.414. The number of carbonyl (C=O) groups is 1. The van der Waals surface area contributed by atoms with Crippen molar-refractivity contribution in [2.24, 2.45) is 0 Å². The van der Waals surface area contributed by atoms with Crippen LogP contribution in [0.2, 0.25) is 0 Å². The lowest BCUT2D eigenvalue weighted by Gasteiger charge is -2.13. The van der Waals surface area contributed by atoms with Crippen LogP contribution in [0, 0.1) is 0 Å². The number of halogens is 3. The van der Waals surface area contributed by atoms with Crippen molar-refractivity contribution < 1.29 is 32.2 Å². The van der Waals surface area contributed by atoms with Crippen LogP contribution in [0.1, 0.15) is 17.5 Å². The van der Waals surface area contributed by atoms with Gasteiger partial charge in [-0.3, -0.25) is 4.79 Å². The monoisotopic (exact) mass is 304 g/mol. The molecule has 1 aliphatic rings. The highest BCUT2D eigenvalue weighted by molar-refractivity contribution is 5.69. The molecule has 2 atom stereocenters. The third-order valence-corrected chi connectivity index (χ3v) is 3.09. The summed E-state index contributed by atoms with van der Waals surface area (Å²) in [6.07, 6.45) is -5.19. The zero-order chi connectivity index (χ0) is 15.5. The van der Waals surface area contributed by atoms with Gasteiger partial charge in [-0.25, -0.2) is 0 Å². The van der Waals surface area contributed by atoms with Crippen molar-refractivity contribution in [2.75, 3.05) is 13.7 Å². The molecule has 0 spiro atoms. The summed E-state index contributed by atoms with van der Waals surface area (Å²) in [6.45, 7) is 0.221. The van der Waals surface area contributed by atoms with Crippen LogP contribution in [-0.2, 0) is 31.6 Å². The van der Waals surface area contributed by atoms with Crippen LogP contribution >= 0.6 is 0 Å². The molecule has 2 unspecified atom stereocenters. The van der Waals surface area contributed by atoms with E-state index in [0.29, 0.717) is 5.56 Å². The number of hydrogen-bond donors (Lipinski definition) is 0. The molecule has 116 valence electrons. The minimum absolute atomic E-state index is 0.0651. The minimum atomic E-state index is -4.37. The van der Waals surface area contributed by atoms with Crippen molar-refractivity contribution in [1.82, 2.24) is 0 Å². The fourth-order valence-electron chi connectivity index (χ4n) is 2.06. The average Bonchev–Trinajstić information content (AvgIpc) is 2.85. The lowest BCUT2D eigenvalue weighted by Crippen LogP contribution is -2.19. The normalized spacial score (nSPS) is 22.3. The summed E-state index contributed by atoms with van der Waals surface area (Å²) in [4.78, 5) is 11.1. The molecule has 1 heterocycles. The quantitative estimate of drug-likeness (QED) is 0.802. The van der Waals surface area contributed by atoms with E-state index in [-0.39, 0.29) is 19.4 Å². The Morgan fingerprint density at radius 1 is 1.43 bits per heavy atom. The molecule has 0 bridgehead atoms. The summed E-state index contributed by atoms with van der Waals surface area (Å²) in [6, 6.07) is 5.01. The summed E-state index contributed by atoms with van der Waals surface area (Å²) in [5.41, 5.74) is -0.238. The smallest absolute Gasteiger partial charge is 0.416 e. The average molecular weight is 304 g/mol. The highest BCUT2D eigenvalue weighted by atomic mass is 19.4. The fraction of sp³-hybridized carbons (Fsp3) is 0.500. The van der Waals surface area contributed by atoms with E-state index < -0.39 is 30.1 Å². The first-order valence-corrected chi connectivity index (χ1v) is 6.38. The lowest BCUT2D eigenvalue weighted by atomic mass is 10.1. The van der Waals surface area contributed by atoms with Crippen molar-refractivity contribution in [3.05, 3.63) is 35.4 Å². The van der Waals surface area contributed by atoms with E-state index in [9.17, 15) is 18.0 Å². The summed E-state index contributed by atoms with van der Waals surface area (Å²) in [7, 11) is 1.28. The van der Waals surface area contributed by atoms with Gasteiger partial charge in [0.1, 0.15) is 0 Å². The first kappa shape index (κ1) is 15.8. The molecule has 4 nitrogen and oxygen atoms in total. The van der Waals surface area contributed by atoms with Gasteiger partial charge in [-0.15, -0.1) is 0 Å². The number of benzene rings is 1. The highest BCUT2D eigenvalue weighted by Crippen LogP contribution is 2.30. The predicted molar refractivity (Wildman–Crippen MR) is 66.4 cm³/mol. The van der Waals surface area contributed by atoms with E-state index in [1.54, 1.807) is 6.07 Å². The highest BCUT2D eigenvalue weighted by Gasteiger charge is 2.32. The molecule has 0 saturated carbocycles. The van der Waals surface area contributed by atoms with Crippen LogP contribution in [-0.4, -0.2) is 32.1 Å². The molecule has 1 aliphatic heterocycles. The second kappa shape index (κ2) is 6.44. The molecule has 21 heavy (non-hydrogen) atoms. The Morgan fingerprint density at radius 3 is 2.86 bits per heavy atom.